The van der Waals surface area contributed by atoms with Gasteiger partial charge in [0.25, 0.3) is 0 Å². The largest absolute Gasteiger partial charge is 0.491 e. The van der Waals surface area contributed by atoms with Gasteiger partial charge in [0.2, 0.25) is 0 Å². The molecule has 1 saturated heterocycles. The van der Waals surface area contributed by atoms with E-state index in [4.69, 9.17) is 9.47 Å². The molecular weight excluding hydrogens is 320 g/mol. The monoisotopic (exact) mass is 350 g/mol. The van der Waals surface area contributed by atoms with Crippen LogP contribution in [0.2, 0.25) is 0 Å². The zero-order valence-corrected chi connectivity index (χ0v) is 15.5. The molecule has 0 unspecified atom stereocenters. The molecule has 2 rings (SSSR count). The van der Waals surface area contributed by atoms with Crippen LogP contribution in [0, 0.1) is 12.3 Å². The van der Waals surface area contributed by atoms with E-state index in [1.54, 1.807) is 11.9 Å². The van der Waals surface area contributed by atoms with Crippen LogP contribution in [0.3, 0.4) is 0 Å². The quantitative estimate of drug-likeness (QED) is 0.791. The number of hydrogen-bond acceptors (Lipinski definition) is 4. The summed E-state index contributed by atoms with van der Waals surface area (Å²) in [7, 11) is 1.76. The number of aliphatic hydroxyl groups excluding tert-OH is 1. The minimum atomic E-state index is -0.258. The molecule has 1 aromatic carbocycles. The van der Waals surface area contributed by atoms with Crippen LogP contribution in [0.4, 0.5) is 4.79 Å². The molecule has 0 radical (unpaired) electrons. The predicted octanol–water partition coefficient (Wildman–Crippen LogP) is 2.19. The Balaban J connectivity index is 1.78. The van der Waals surface area contributed by atoms with Crippen molar-refractivity contribution in [3.63, 3.8) is 0 Å². The summed E-state index contributed by atoms with van der Waals surface area (Å²) >= 11 is 0. The second-order valence-electron chi connectivity index (χ2n) is 7.10. The molecule has 2 amide bonds. The second-order valence-corrected chi connectivity index (χ2v) is 7.10. The van der Waals surface area contributed by atoms with Crippen molar-refractivity contribution < 1.29 is 19.4 Å². The fraction of sp³-hybridized carbons (Fsp3) is 0.632. The Morgan fingerprint density at radius 1 is 1.36 bits per heavy atom. The van der Waals surface area contributed by atoms with Crippen LogP contribution in [-0.4, -0.2) is 62.1 Å². The van der Waals surface area contributed by atoms with Crippen LogP contribution in [0.5, 0.6) is 5.75 Å². The van der Waals surface area contributed by atoms with Gasteiger partial charge in [0.15, 0.2) is 0 Å². The van der Waals surface area contributed by atoms with Gasteiger partial charge in [0, 0.05) is 32.2 Å². The van der Waals surface area contributed by atoms with Crippen LogP contribution >= 0.6 is 0 Å². The van der Waals surface area contributed by atoms with Crippen molar-refractivity contribution in [1.29, 1.82) is 0 Å². The average Bonchev–Trinajstić information content (AvgIpc) is 2.62. The minimum absolute atomic E-state index is 0.0695. The van der Waals surface area contributed by atoms with Gasteiger partial charge < -0.3 is 24.8 Å². The molecule has 6 nitrogen and oxygen atoms in total. The molecule has 0 saturated carbocycles. The summed E-state index contributed by atoms with van der Waals surface area (Å²) in [5, 5.41) is 12.7. The summed E-state index contributed by atoms with van der Waals surface area (Å²) in [5.74, 6) is 0.793. The highest BCUT2D eigenvalue weighted by molar-refractivity contribution is 5.74. The van der Waals surface area contributed by atoms with Crippen molar-refractivity contribution in [2.45, 2.75) is 32.7 Å². The molecule has 1 aliphatic heterocycles. The molecule has 0 bridgehead atoms. The first-order valence-corrected chi connectivity index (χ1v) is 8.84. The van der Waals surface area contributed by atoms with E-state index in [0.717, 1.165) is 18.6 Å². The Labute approximate surface area is 150 Å². The van der Waals surface area contributed by atoms with E-state index in [9.17, 15) is 9.90 Å². The molecule has 2 N–H and O–H groups in total. The molecule has 1 aromatic rings. The highest BCUT2D eigenvalue weighted by Gasteiger charge is 2.34. The molecule has 1 heterocycles. The molecule has 25 heavy (non-hydrogen) atoms. The normalized spacial score (nSPS) is 17.6. The Kier molecular flexibility index (Phi) is 7.08. The van der Waals surface area contributed by atoms with Gasteiger partial charge in [0.05, 0.1) is 12.6 Å². The highest BCUT2D eigenvalue weighted by atomic mass is 16.5. The predicted molar refractivity (Wildman–Crippen MR) is 96.9 cm³/mol. The first-order valence-electron chi connectivity index (χ1n) is 8.84. The van der Waals surface area contributed by atoms with Gasteiger partial charge in [-0.05, 0) is 38.8 Å². The van der Waals surface area contributed by atoms with Crippen molar-refractivity contribution >= 4 is 6.03 Å². The molecule has 1 atom stereocenters. The third kappa shape index (κ3) is 5.90. The topological polar surface area (TPSA) is 71.0 Å². The SMILES string of the molecule is Cc1ccc(OC[C@H](C)NC(=O)N(C)CC2(CO)CCOCC2)cc1. The molecular formula is C19H30N2O4. The van der Waals surface area contributed by atoms with E-state index in [0.29, 0.717) is 26.4 Å². The molecule has 6 heteroatoms. The number of nitrogens with zero attached hydrogens (tertiary/aromatic N) is 1. The van der Waals surface area contributed by atoms with Gasteiger partial charge in [-0.1, -0.05) is 17.7 Å². The number of rotatable bonds is 7. The molecule has 1 aliphatic rings. The highest BCUT2D eigenvalue weighted by Crippen LogP contribution is 2.30. The molecule has 1 fully saturated rings. The number of benzene rings is 1. The van der Waals surface area contributed by atoms with E-state index in [-0.39, 0.29) is 24.1 Å². The molecule has 0 spiro atoms. The first kappa shape index (κ1) is 19.5. The Morgan fingerprint density at radius 2 is 2.00 bits per heavy atom. The fourth-order valence-corrected chi connectivity index (χ4v) is 2.96. The third-order valence-corrected chi connectivity index (χ3v) is 4.70. The maximum atomic E-state index is 12.4. The van der Waals surface area contributed by atoms with Gasteiger partial charge in [-0.25, -0.2) is 4.79 Å². The maximum Gasteiger partial charge on any atom is 0.317 e. The minimum Gasteiger partial charge on any atom is -0.491 e. The van der Waals surface area contributed by atoms with Crippen molar-refractivity contribution in [1.82, 2.24) is 10.2 Å². The summed E-state index contributed by atoms with van der Waals surface area (Å²) in [6.07, 6.45) is 1.54. The van der Waals surface area contributed by atoms with E-state index in [1.165, 1.54) is 5.56 Å². The van der Waals surface area contributed by atoms with Crippen LogP contribution in [-0.2, 0) is 4.74 Å². The summed E-state index contributed by atoms with van der Waals surface area (Å²) < 4.78 is 11.1. The van der Waals surface area contributed by atoms with Crippen LogP contribution in [0.1, 0.15) is 25.3 Å². The van der Waals surface area contributed by atoms with E-state index >= 15 is 0 Å². The van der Waals surface area contributed by atoms with Gasteiger partial charge in [0.1, 0.15) is 12.4 Å². The number of aliphatic hydroxyl groups is 1. The summed E-state index contributed by atoms with van der Waals surface area (Å²) in [6.45, 7) is 6.20. The average molecular weight is 350 g/mol. The van der Waals surface area contributed by atoms with E-state index in [1.807, 2.05) is 38.1 Å². The van der Waals surface area contributed by atoms with Gasteiger partial charge in [-0.3, -0.25) is 0 Å². The van der Waals surface area contributed by atoms with Crippen molar-refractivity contribution in [2.75, 3.05) is 40.0 Å². The van der Waals surface area contributed by atoms with Gasteiger partial charge in [-0.2, -0.15) is 0 Å². The second kappa shape index (κ2) is 9.06. The number of urea groups is 1. The van der Waals surface area contributed by atoms with Crippen molar-refractivity contribution in [2.24, 2.45) is 5.41 Å². The van der Waals surface area contributed by atoms with Crippen molar-refractivity contribution in [3.05, 3.63) is 29.8 Å². The zero-order valence-electron chi connectivity index (χ0n) is 15.5. The number of amides is 2. The summed E-state index contributed by atoms with van der Waals surface area (Å²) in [4.78, 5) is 14.0. The van der Waals surface area contributed by atoms with E-state index in [2.05, 4.69) is 5.32 Å². The molecule has 0 aromatic heterocycles. The number of ether oxygens (including phenoxy) is 2. The standard InChI is InChI=1S/C19H30N2O4/c1-15-4-6-17(7-5-15)25-12-16(2)20-18(23)21(3)13-19(14-22)8-10-24-11-9-19/h4-7,16,22H,8-14H2,1-3H3,(H,20,23)/t16-/m0/s1. The number of nitrogens with one attached hydrogen (secondary N) is 1. The lowest BCUT2D eigenvalue weighted by Gasteiger charge is -2.38. The van der Waals surface area contributed by atoms with Crippen LogP contribution in [0.25, 0.3) is 0 Å². The first-order chi connectivity index (χ1) is 11.9. The number of carbonyl (C=O) groups excluding carboxylic acids is 1. The van der Waals surface area contributed by atoms with Crippen LogP contribution in [0.15, 0.2) is 24.3 Å². The summed E-state index contributed by atoms with van der Waals surface area (Å²) in [6, 6.07) is 7.57. The van der Waals surface area contributed by atoms with Crippen molar-refractivity contribution in [3.8, 4) is 5.75 Å². The molecule has 0 aliphatic carbocycles. The fourth-order valence-electron chi connectivity index (χ4n) is 2.96. The van der Waals surface area contributed by atoms with Crippen LogP contribution < -0.4 is 10.1 Å². The van der Waals surface area contributed by atoms with E-state index < -0.39 is 0 Å². The Morgan fingerprint density at radius 3 is 2.60 bits per heavy atom. The smallest absolute Gasteiger partial charge is 0.317 e. The zero-order chi connectivity index (χ0) is 18.3. The lowest BCUT2D eigenvalue weighted by molar-refractivity contribution is -0.0262. The number of carbonyl (C=O) groups is 1. The maximum absolute atomic E-state index is 12.4. The number of hydrogen-bond donors (Lipinski definition) is 2. The lowest BCUT2D eigenvalue weighted by atomic mass is 9.80. The van der Waals surface area contributed by atoms with Gasteiger partial charge >= 0.3 is 6.03 Å². The third-order valence-electron chi connectivity index (χ3n) is 4.70. The summed E-state index contributed by atoms with van der Waals surface area (Å²) in [5.41, 5.74) is 0.924. The van der Waals surface area contributed by atoms with Gasteiger partial charge in [-0.15, -0.1) is 0 Å². The Hall–Kier alpha value is -1.79. The Bertz CT molecular complexity index is 541. The number of aryl methyl sites for hydroxylation is 1. The molecule has 140 valence electrons. The lowest BCUT2D eigenvalue weighted by Crippen LogP contribution is -2.50.